The van der Waals surface area contributed by atoms with Gasteiger partial charge in [0, 0.05) is 5.39 Å². The number of hydrogen-bond donors (Lipinski definition) is 1. The Morgan fingerprint density at radius 1 is 1.11 bits per heavy atom. The van der Waals surface area contributed by atoms with Gasteiger partial charge in [-0.2, -0.15) is 5.10 Å². The smallest absolute Gasteiger partial charge is 0.152 e. The molecular weight excluding hydrogens is 250 g/mol. The Morgan fingerprint density at radius 3 is 2.47 bits per heavy atom. The fraction of sp³-hybridized carbons (Fsp3) is 0.0714. The van der Waals surface area contributed by atoms with Crippen molar-refractivity contribution in [1.29, 1.82) is 0 Å². The van der Waals surface area contributed by atoms with Crippen molar-refractivity contribution in [2.45, 2.75) is 6.61 Å². The number of nitrogens with zero attached hydrogens (tertiary/aromatic N) is 2. The van der Waals surface area contributed by atoms with Gasteiger partial charge in [0.2, 0.25) is 0 Å². The summed E-state index contributed by atoms with van der Waals surface area (Å²) >= 11 is 0. The van der Waals surface area contributed by atoms with Crippen LogP contribution in [-0.4, -0.2) is 14.9 Å². The molecule has 2 aromatic carbocycles. The van der Waals surface area contributed by atoms with Gasteiger partial charge in [-0.05, 0) is 23.8 Å². The molecule has 19 heavy (non-hydrogen) atoms. The summed E-state index contributed by atoms with van der Waals surface area (Å²) in [7, 11) is 0. The highest BCUT2D eigenvalue weighted by Gasteiger charge is 2.15. The van der Waals surface area contributed by atoms with E-state index in [1.54, 1.807) is 18.3 Å². The molecule has 3 rings (SSSR count). The molecule has 0 unspecified atom stereocenters. The molecule has 0 saturated heterocycles. The number of benzene rings is 2. The molecule has 96 valence electrons. The second-order valence-electron chi connectivity index (χ2n) is 4.18. The number of aliphatic hydroxyl groups excluding tert-OH is 1. The molecule has 1 aromatic heterocycles. The standard InChI is InChI=1S/C14H10F2N2O/c15-11-5-9(8-19)6-12(16)14(11)18-13-4-2-1-3-10(13)7-17-18/h1-7,19H,8H2. The van der Waals surface area contributed by atoms with E-state index >= 15 is 0 Å². The van der Waals surface area contributed by atoms with Crippen molar-refractivity contribution < 1.29 is 13.9 Å². The average molecular weight is 260 g/mol. The molecule has 3 aromatic rings. The van der Waals surface area contributed by atoms with Gasteiger partial charge in [0.25, 0.3) is 0 Å². The number of para-hydroxylation sites is 1. The van der Waals surface area contributed by atoms with Crippen molar-refractivity contribution in [3.8, 4) is 5.69 Å². The van der Waals surface area contributed by atoms with Crippen molar-refractivity contribution in [3.05, 3.63) is 59.8 Å². The third kappa shape index (κ3) is 1.88. The van der Waals surface area contributed by atoms with Crippen LogP contribution in [0.15, 0.2) is 42.6 Å². The first kappa shape index (κ1) is 11.8. The number of fused-ring (bicyclic) bond motifs is 1. The van der Waals surface area contributed by atoms with Crippen LogP contribution in [0.1, 0.15) is 5.56 Å². The van der Waals surface area contributed by atoms with Gasteiger partial charge in [-0.3, -0.25) is 0 Å². The minimum atomic E-state index is -0.752. The summed E-state index contributed by atoms with van der Waals surface area (Å²) in [5.74, 6) is -1.50. The van der Waals surface area contributed by atoms with Crippen LogP contribution in [0.4, 0.5) is 8.78 Å². The predicted octanol–water partition coefficient (Wildman–Crippen LogP) is 2.80. The topological polar surface area (TPSA) is 38.0 Å². The molecule has 0 saturated carbocycles. The molecule has 1 heterocycles. The summed E-state index contributed by atoms with van der Waals surface area (Å²) in [6.45, 7) is -0.409. The number of aliphatic hydroxyl groups is 1. The van der Waals surface area contributed by atoms with Crippen LogP contribution < -0.4 is 0 Å². The summed E-state index contributed by atoms with van der Waals surface area (Å²) < 4.78 is 29.2. The van der Waals surface area contributed by atoms with Crippen LogP contribution in [0.2, 0.25) is 0 Å². The number of aromatic nitrogens is 2. The van der Waals surface area contributed by atoms with Crippen molar-refractivity contribution in [1.82, 2.24) is 9.78 Å². The van der Waals surface area contributed by atoms with Gasteiger partial charge in [0.1, 0.15) is 5.69 Å². The molecule has 0 spiro atoms. The van der Waals surface area contributed by atoms with E-state index < -0.39 is 18.2 Å². The normalized spacial score (nSPS) is 11.1. The Morgan fingerprint density at radius 2 is 1.79 bits per heavy atom. The molecule has 0 fully saturated rings. The van der Waals surface area contributed by atoms with Gasteiger partial charge in [-0.25, -0.2) is 13.5 Å². The highest BCUT2D eigenvalue weighted by Crippen LogP contribution is 2.23. The zero-order valence-corrected chi connectivity index (χ0v) is 9.85. The Hall–Kier alpha value is -2.27. The van der Waals surface area contributed by atoms with E-state index in [2.05, 4.69) is 5.10 Å². The summed E-state index contributed by atoms with van der Waals surface area (Å²) in [6, 6.07) is 9.37. The van der Waals surface area contributed by atoms with Crippen LogP contribution in [0.3, 0.4) is 0 Å². The van der Waals surface area contributed by atoms with E-state index in [-0.39, 0.29) is 11.3 Å². The molecule has 0 radical (unpaired) electrons. The highest BCUT2D eigenvalue weighted by atomic mass is 19.1. The summed E-state index contributed by atoms with van der Waals surface area (Å²) in [5.41, 5.74) is 0.575. The van der Waals surface area contributed by atoms with Gasteiger partial charge in [-0.15, -0.1) is 0 Å². The van der Waals surface area contributed by atoms with Crippen LogP contribution in [0.25, 0.3) is 16.6 Å². The molecule has 0 aliphatic heterocycles. The maximum atomic E-state index is 14.0. The van der Waals surface area contributed by atoms with Crippen LogP contribution in [-0.2, 0) is 6.61 Å². The lowest BCUT2D eigenvalue weighted by atomic mass is 10.2. The van der Waals surface area contributed by atoms with Gasteiger partial charge in [0.05, 0.1) is 18.3 Å². The molecule has 0 aliphatic rings. The molecule has 5 heteroatoms. The van der Waals surface area contributed by atoms with Gasteiger partial charge in [0.15, 0.2) is 11.6 Å². The van der Waals surface area contributed by atoms with Crippen LogP contribution in [0, 0.1) is 11.6 Å². The first-order valence-corrected chi connectivity index (χ1v) is 5.72. The lowest BCUT2D eigenvalue weighted by molar-refractivity contribution is 0.280. The third-order valence-electron chi connectivity index (χ3n) is 2.95. The average Bonchev–Trinajstić information content (AvgIpc) is 2.82. The largest absolute Gasteiger partial charge is 0.392 e. The second-order valence-corrected chi connectivity index (χ2v) is 4.18. The van der Waals surface area contributed by atoms with Crippen LogP contribution >= 0.6 is 0 Å². The fourth-order valence-electron chi connectivity index (χ4n) is 2.06. The highest BCUT2D eigenvalue weighted by molar-refractivity contribution is 5.80. The maximum absolute atomic E-state index is 14.0. The Bertz CT molecular complexity index is 729. The lowest BCUT2D eigenvalue weighted by Crippen LogP contribution is -2.04. The second kappa shape index (κ2) is 4.44. The summed E-state index contributed by atoms with van der Waals surface area (Å²) in [5, 5.41) is 13.7. The molecule has 3 nitrogen and oxygen atoms in total. The Labute approximate surface area is 107 Å². The van der Waals surface area contributed by atoms with E-state index in [4.69, 9.17) is 5.11 Å². The Balaban J connectivity index is 2.27. The molecular formula is C14H10F2N2O. The number of rotatable bonds is 2. The Kier molecular flexibility index (Phi) is 2.76. The third-order valence-corrected chi connectivity index (χ3v) is 2.95. The minimum Gasteiger partial charge on any atom is -0.392 e. The zero-order chi connectivity index (χ0) is 13.4. The first-order chi connectivity index (χ1) is 9.20. The quantitative estimate of drug-likeness (QED) is 0.769. The number of halogens is 2. The van der Waals surface area contributed by atoms with Gasteiger partial charge < -0.3 is 5.11 Å². The minimum absolute atomic E-state index is 0.190. The van der Waals surface area contributed by atoms with Crippen molar-refractivity contribution in [2.75, 3.05) is 0 Å². The van der Waals surface area contributed by atoms with Crippen molar-refractivity contribution in [3.63, 3.8) is 0 Å². The molecule has 0 bridgehead atoms. The monoisotopic (exact) mass is 260 g/mol. The van der Waals surface area contributed by atoms with Gasteiger partial charge in [-0.1, -0.05) is 18.2 Å². The molecule has 0 amide bonds. The molecule has 0 atom stereocenters. The van der Waals surface area contributed by atoms with E-state index in [1.165, 1.54) is 4.68 Å². The van der Waals surface area contributed by atoms with E-state index in [0.717, 1.165) is 17.5 Å². The fourth-order valence-corrected chi connectivity index (χ4v) is 2.06. The molecule has 0 aliphatic carbocycles. The van der Waals surface area contributed by atoms with Gasteiger partial charge >= 0.3 is 0 Å². The zero-order valence-electron chi connectivity index (χ0n) is 9.85. The SMILES string of the molecule is OCc1cc(F)c(-n2ncc3ccccc32)c(F)c1. The molecule has 1 N–H and O–H groups in total. The van der Waals surface area contributed by atoms with E-state index in [1.807, 2.05) is 12.1 Å². The lowest BCUT2D eigenvalue weighted by Gasteiger charge is -2.08. The first-order valence-electron chi connectivity index (χ1n) is 5.72. The van der Waals surface area contributed by atoms with Crippen molar-refractivity contribution >= 4 is 10.9 Å². The summed E-state index contributed by atoms with van der Waals surface area (Å²) in [6.07, 6.45) is 1.55. The van der Waals surface area contributed by atoms with E-state index in [9.17, 15) is 8.78 Å². The predicted molar refractivity (Wildman–Crippen MR) is 66.9 cm³/mol. The van der Waals surface area contributed by atoms with E-state index in [0.29, 0.717) is 5.52 Å². The van der Waals surface area contributed by atoms with Crippen LogP contribution in [0.5, 0.6) is 0 Å². The number of hydrogen-bond acceptors (Lipinski definition) is 2. The summed E-state index contributed by atoms with van der Waals surface area (Å²) in [4.78, 5) is 0. The maximum Gasteiger partial charge on any atom is 0.152 e. The van der Waals surface area contributed by atoms with Crippen molar-refractivity contribution in [2.24, 2.45) is 0 Å².